The first-order chi connectivity index (χ1) is 21.1. The molecule has 4 aromatic rings. The lowest BCUT2D eigenvalue weighted by Gasteiger charge is -2.44. The van der Waals surface area contributed by atoms with Gasteiger partial charge in [-0.05, 0) is 62.6 Å². The Kier molecular flexibility index (Phi) is 8.61. The predicted octanol–water partition coefficient (Wildman–Crippen LogP) is 6.98. The van der Waals surface area contributed by atoms with Gasteiger partial charge in [0.2, 0.25) is 5.91 Å². The van der Waals surface area contributed by atoms with E-state index in [2.05, 4.69) is 32.3 Å². The van der Waals surface area contributed by atoms with Gasteiger partial charge in [-0.2, -0.15) is 4.98 Å². The number of amides is 1. The lowest BCUT2D eigenvalue weighted by Crippen LogP contribution is -2.58. The average Bonchev–Trinajstić information content (AvgIpc) is 2.97. The highest BCUT2D eigenvalue weighted by molar-refractivity contribution is 6.33. The maximum absolute atomic E-state index is 15.1. The van der Waals surface area contributed by atoms with E-state index < -0.39 is 11.5 Å². The first kappa shape index (κ1) is 32.3. The van der Waals surface area contributed by atoms with Crippen molar-refractivity contribution in [1.82, 2.24) is 24.4 Å². The van der Waals surface area contributed by atoms with Crippen LogP contribution in [0.1, 0.15) is 71.3 Å². The Morgan fingerprint density at radius 3 is 2.40 bits per heavy atom. The number of fused-ring (bicyclic) bond motifs is 1. The molecule has 0 N–H and O–H groups in total. The molecule has 1 saturated heterocycles. The van der Waals surface area contributed by atoms with E-state index in [1.807, 2.05) is 45.6 Å². The molecule has 0 radical (unpaired) electrons. The van der Waals surface area contributed by atoms with Gasteiger partial charge in [-0.25, -0.2) is 18.7 Å². The quantitative estimate of drug-likeness (QED) is 0.221. The van der Waals surface area contributed by atoms with Crippen molar-refractivity contribution in [2.75, 3.05) is 18.0 Å². The fourth-order valence-electron chi connectivity index (χ4n) is 5.98. The third-order valence-electron chi connectivity index (χ3n) is 8.40. The van der Waals surface area contributed by atoms with Crippen LogP contribution in [0, 0.1) is 12.7 Å². The number of hydrogen-bond donors (Lipinski definition) is 0. The second-order valence-corrected chi connectivity index (χ2v) is 13.6. The number of aryl methyl sites for hydroxylation is 1. The fraction of sp³-hybridized carbons (Fsp3) is 0.400. The molecule has 2 unspecified atom stereocenters. The summed E-state index contributed by atoms with van der Waals surface area (Å²) in [5, 5.41) is 0.764. The number of pyridine rings is 2. The van der Waals surface area contributed by atoms with Gasteiger partial charge in [0, 0.05) is 41.8 Å². The number of anilines is 1. The van der Waals surface area contributed by atoms with E-state index >= 15 is 4.39 Å². The number of benzene rings is 1. The molecular formula is C35H40ClFN6O2. The van der Waals surface area contributed by atoms with Gasteiger partial charge in [0.25, 0.3) is 0 Å². The molecule has 8 nitrogen and oxygen atoms in total. The molecular weight excluding hydrogens is 591 g/mol. The Bertz CT molecular complexity index is 1880. The number of nitrogens with zero attached hydrogens (tertiary/aromatic N) is 6. The average molecular weight is 631 g/mol. The Morgan fingerprint density at radius 2 is 1.78 bits per heavy atom. The summed E-state index contributed by atoms with van der Waals surface area (Å²) in [5.74, 6) is -0.245. The molecule has 1 aliphatic rings. The van der Waals surface area contributed by atoms with Crippen LogP contribution in [0.25, 0.3) is 28.0 Å². The van der Waals surface area contributed by atoms with Gasteiger partial charge in [0.1, 0.15) is 11.6 Å². The van der Waals surface area contributed by atoms with Crippen molar-refractivity contribution in [2.24, 2.45) is 0 Å². The van der Waals surface area contributed by atoms with Crippen LogP contribution in [-0.4, -0.2) is 55.5 Å². The minimum atomic E-state index is -0.536. The van der Waals surface area contributed by atoms with E-state index in [1.165, 1.54) is 16.7 Å². The minimum absolute atomic E-state index is 0.0303. The van der Waals surface area contributed by atoms with Crippen LogP contribution in [-0.2, 0) is 10.2 Å². The van der Waals surface area contributed by atoms with Gasteiger partial charge < -0.3 is 9.80 Å². The van der Waals surface area contributed by atoms with Gasteiger partial charge in [-0.15, -0.1) is 0 Å². The highest BCUT2D eigenvalue weighted by atomic mass is 35.5. The molecule has 5 rings (SSSR count). The summed E-state index contributed by atoms with van der Waals surface area (Å²) in [7, 11) is 0. The molecule has 45 heavy (non-hydrogen) atoms. The van der Waals surface area contributed by atoms with Crippen LogP contribution in [0.3, 0.4) is 0 Å². The van der Waals surface area contributed by atoms with Crippen molar-refractivity contribution in [2.45, 2.75) is 78.8 Å². The van der Waals surface area contributed by atoms with Gasteiger partial charge >= 0.3 is 5.69 Å². The summed E-state index contributed by atoms with van der Waals surface area (Å²) < 4.78 is 16.6. The molecule has 1 amide bonds. The number of hydrogen-bond acceptors (Lipinski definition) is 6. The summed E-state index contributed by atoms with van der Waals surface area (Å²) in [6.45, 7) is 20.8. The molecule has 4 heterocycles. The predicted molar refractivity (Wildman–Crippen MR) is 179 cm³/mol. The zero-order valence-electron chi connectivity index (χ0n) is 27.2. The molecule has 10 heteroatoms. The number of carbonyl (C=O) groups is 1. The molecule has 1 aromatic carbocycles. The number of piperazine rings is 1. The summed E-state index contributed by atoms with van der Waals surface area (Å²) >= 11 is 6.85. The summed E-state index contributed by atoms with van der Waals surface area (Å²) in [6, 6.07) is 9.65. The number of rotatable bonds is 5. The van der Waals surface area contributed by atoms with Crippen LogP contribution in [0.2, 0.25) is 5.02 Å². The second-order valence-electron chi connectivity index (χ2n) is 13.2. The number of aromatic nitrogens is 4. The van der Waals surface area contributed by atoms with Gasteiger partial charge in [-0.1, -0.05) is 64.9 Å². The maximum Gasteiger partial charge on any atom is 0.355 e. The summed E-state index contributed by atoms with van der Waals surface area (Å²) in [4.78, 5) is 45.2. The van der Waals surface area contributed by atoms with Gasteiger partial charge in [0.15, 0.2) is 5.65 Å². The Balaban J connectivity index is 1.85. The van der Waals surface area contributed by atoms with E-state index in [0.717, 1.165) is 17.0 Å². The van der Waals surface area contributed by atoms with E-state index in [4.69, 9.17) is 21.6 Å². The zero-order valence-corrected chi connectivity index (χ0v) is 27.9. The van der Waals surface area contributed by atoms with E-state index in [0.29, 0.717) is 35.6 Å². The molecule has 2 atom stereocenters. The first-order valence-corrected chi connectivity index (χ1v) is 15.6. The molecule has 0 aliphatic carbocycles. The Labute approximate surface area is 268 Å². The van der Waals surface area contributed by atoms with Crippen LogP contribution < -0.4 is 10.6 Å². The smallest absolute Gasteiger partial charge is 0.349 e. The van der Waals surface area contributed by atoms with Gasteiger partial charge in [0.05, 0.1) is 27.5 Å². The standard InChI is InChI=1S/C35H40ClFN6O2/c1-10-28(44)41-17-22(6)42(18-21(41)5)32-24-16-25(36)30(23-13-11-12-14-26(23)37)39-33(24)43(34(45)40-32)31-20(4)15-27(35(7,8)9)38-29(31)19(2)3/h10-16,19,21-22H,1,17-18H2,2-9H3. The molecule has 1 fully saturated rings. The lowest BCUT2D eigenvalue weighted by molar-refractivity contribution is -0.128. The topological polar surface area (TPSA) is 84.2 Å². The van der Waals surface area contributed by atoms with Crippen molar-refractivity contribution in [3.8, 4) is 16.9 Å². The van der Waals surface area contributed by atoms with Crippen molar-refractivity contribution in [3.05, 3.63) is 87.3 Å². The normalized spacial score (nSPS) is 17.3. The van der Waals surface area contributed by atoms with Crippen LogP contribution >= 0.6 is 11.6 Å². The monoisotopic (exact) mass is 630 g/mol. The van der Waals surface area contributed by atoms with Gasteiger partial charge in [-0.3, -0.25) is 9.78 Å². The van der Waals surface area contributed by atoms with E-state index in [-0.39, 0.29) is 45.6 Å². The lowest BCUT2D eigenvalue weighted by atomic mass is 9.89. The van der Waals surface area contributed by atoms with E-state index in [1.54, 1.807) is 29.2 Å². The summed E-state index contributed by atoms with van der Waals surface area (Å²) in [5.41, 5.74) is 3.09. The fourth-order valence-corrected chi connectivity index (χ4v) is 6.24. The van der Waals surface area contributed by atoms with Crippen LogP contribution in [0.5, 0.6) is 0 Å². The van der Waals surface area contributed by atoms with Crippen LogP contribution in [0.15, 0.2) is 53.8 Å². The highest BCUT2D eigenvalue weighted by Gasteiger charge is 2.34. The Hall–Kier alpha value is -4.11. The number of halogens is 2. The molecule has 3 aromatic heterocycles. The highest BCUT2D eigenvalue weighted by Crippen LogP contribution is 2.37. The largest absolute Gasteiger partial charge is 0.355 e. The molecule has 0 bridgehead atoms. The SMILES string of the molecule is C=CC(=O)N1CC(C)N(c2nc(=O)n(-c3c(C)cc(C(C)(C)C)nc3C(C)C)c3nc(-c4ccccc4F)c(Cl)cc23)CC1C. The molecule has 0 saturated carbocycles. The van der Waals surface area contributed by atoms with E-state index in [9.17, 15) is 9.59 Å². The summed E-state index contributed by atoms with van der Waals surface area (Å²) in [6.07, 6.45) is 1.31. The first-order valence-electron chi connectivity index (χ1n) is 15.2. The van der Waals surface area contributed by atoms with Crippen molar-refractivity contribution in [1.29, 1.82) is 0 Å². The van der Waals surface area contributed by atoms with Crippen LogP contribution in [0.4, 0.5) is 10.2 Å². The van der Waals surface area contributed by atoms with Crippen molar-refractivity contribution < 1.29 is 9.18 Å². The minimum Gasteiger partial charge on any atom is -0.349 e. The zero-order chi connectivity index (χ0) is 33.0. The number of carbonyl (C=O) groups excluding carboxylic acids is 1. The second kappa shape index (κ2) is 12.0. The Morgan fingerprint density at radius 1 is 1.09 bits per heavy atom. The molecule has 1 aliphatic heterocycles. The third kappa shape index (κ3) is 5.86. The third-order valence-corrected chi connectivity index (χ3v) is 8.68. The molecule has 0 spiro atoms. The van der Waals surface area contributed by atoms with Crippen molar-refractivity contribution >= 4 is 34.4 Å². The molecule has 236 valence electrons. The van der Waals surface area contributed by atoms with Crippen molar-refractivity contribution in [3.63, 3.8) is 0 Å². The maximum atomic E-state index is 15.1.